The number of benzene rings is 1. The summed E-state index contributed by atoms with van der Waals surface area (Å²) >= 11 is 6.86. The van der Waals surface area contributed by atoms with E-state index in [-0.39, 0.29) is 5.15 Å². The molecule has 2 rings (SSSR count). The normalized spacial score (nSPS) is 10.1. The van der Waals surface area contributed by atoms with Gasteiger partial charge in [-0.25, -0.2) is 0 Å². The second-order valence-electron chi connectivity index (χ2n) is 3.26. The van der Waals surface area contributed by atoms with Gasteiger partial charge in [0.05, 0.1) is 6.61 Å². The molecule has 0 unspecified atom stereocenters. The van der Waals surface area contributed by atoms with Gasteiger partial charge in [0.2, 0.25) is 0 Å². The molecule has 0 atom stereocenters. The highest BCUT2D eigenvalue weighted by Gasteiger charge is 2.10. The number of thiazole rings is 1. The molecule has 94 valence electrons. The van der Waals surface area contributed by atoms with Crippen LogP contribution in [0.25, 0.3) is 0 Å². The second kappa shape index (κ2) is 5.84. The van der Waals surface area contributed by atoms with Crippen molar-refractivity contribution in [2.45, 2.75) is 6.92 Å². The Morgan fingerprint density at radius 1 is 1.44 bits per heavy atom. The first-order valence-electron chi connectivity index (χ1n) is 5.25. The lowest BCUT2D eigenvalue weighted by atomic mass is 10.3. The minimum atomic E-state index is 0.158. The van der Waals surface area contributed by atoms with E-state index in [1.165, 1.54) is 0 Å². The van der Waals surface area contributed by atoms with Gasteiger partial charge in [-0.2, -0.15) is 4.98 Å². The average Bonchev–Trinajstić information content (AvgIpc) is 2.70. The molecule has 0 N–H and O–H groups in total. The number of hydrogen-bond acceptors (Lipinski definition) is 5. The summed E-state index contributed by atoms with van der Waals surface area (Å²) in [5, 5.41) is 0.488. The average molecular weight is 284 g/mol. The largest absolute Gasteiger partial charge is 0.494 e. The van der Waals surface area contributed by atoms with E-state index in [9.17, 15) is 4.79 Å². The van der Waals surface area contributed by atoms with E-state index in [0.717, 1.165) is 11.3 Å². The van der Waals surface area contributed by atoms with Gasteiger partial charge in [0.25, 0.3) is 5.19 Å². The van der Waals surface area contributed by atoms with Crippen molar-refractivity contribution in [3.8, 4) is 16.7 Å². The van der Waals surface area contributed by atoms with Crippen molar-refractivity contribution in [3.63, 3.8) is 0 Å². The number of aldehydes is 1. The summed E-state index contributed by atoms with van der Waals surface area (Å²) < 4.78 is 10.9. The fraction of sp³-hybridized carbons (Fsp3) is 0.167. The molecule has 0 bridgehead atoms. The molecule has 1 heterocycles. The zero-order valence-corrected chi connectivity index (χ0v) is 11.1. The number of hydrogen-bond donors (Lipinski definition) is 0. The highest BCUT2D eigenvalue weighted by molar-refractivity contribution is 7.15. The van der Waals surface area contributed by atoms with Gasteiger partial charge < -0.3 is 9.47 Å². The molecule has 0 aliphatic heterocycles. The van der Waals surface area contributed by atoms with Crippen molar-refractivity contribution >= 4 is 29.2 Å². The molecule has 0 spiro atoms. The summed E-state index contributed by atoms with van der Waals surface area (Å²) in [6.07, 6.45) is 0.656. The Morgan fingerprint density at radius 3 is 2.89 bits per heavy atom. The van der Waals surface area contributed by atoms with E-state index in [1.807, 2.05) is 19.1 Å². The maximum absolute atomic E-state index is 10.6. The summed E-state index contributed by atoms with van der Waals surface area (Å²) in [5.41, 5.74) is 0. The third-order valence-electron chi connectivity index (χ3n) is 2.02. The highest BCUT2D eigenvalue weighted by Crippen LogP contribution is 2.32. The first kappa shape index (κ1) is 12.9. The molecule has 1 aromatic heterocycles. The highest BCUT2D eigenvalue weighted by atomic mass is 35.5. The van der Waals surface area contributed by atoms with E-state index in [2.05, 4.69) is 4.98 Å². The van der Waals surface area contributed by atoms with Crippen molar-refractivity contribution in [1.82, 2.24) is 4.98 Å². The van der Waals surface area contributed by atoms with E-state index in [0.29, 0.717) is 34.5 Å². The zero-order valence-electron chi connectivity index (χ0n) is 9.55. The molecule has 6 heteroatoms. The second-order valence-corrected chi connectivity index (χ2v) is 4.61. The van der Waals surface area contributed by atoms with Crippen LogP contribution in [0.5, 0.6) is 16.7 Å². The Labute approximate surface area is 113 Å². The quantitative estimate of drug-likeness (QED) is 0.783. The van der Waals surface area contributed by atoms with E-state index >= 15 is 0 Å². The number of aromatic nitrogens is 1. The van der Waals surface area contributed by atoms with Crippen molar-refractivity contribution < 1.29 is 14.3 Å². The van der Waals surface area contributed by atoms with Gasteiger partial charge in [-0.3, -0.25) is 4.79 Å². The van der Waals surface area contributed by atoms with Crippen LogP contribution in [0.1, 0.15) is 16.6 Å². The summed E-state index contributed by atoms with van der Waals surface area (Å²) in [7, 11) is 0. The van der Waals surface area contributed by atoms with Crippen LogP contribution in [0.3, 0.4) is 0 Å². The monoisotopic (exact) mass is 283 g/mol. The number of halogens is 1. The van der Waals surface area contributed by atoms with E-state index < -0.39 is 0 Å². The first-order chi connectivity index (χ1) is 8.72. The van der Waals surface area contributed by atoms with Crippen LogP contribution >= 0.6 is 22.9 Å². The van der Waals surface area contributed by atoms with Gasteiger partial charge in [0.1, 0.15) is 16.4 Å². The summed E-state index contributed by atoms with van der Waals surface area (Å²) in [6.45, 7) is 2.49. The molecule has 0 saturated carbocycles. The van der Waals surface area contributed by atoms with E-state index in [1.54, 1.807) is 12.1 Å². The fourth-order valence-electron chi connectivity index (χ4n) is 1.31. The molecule has 2 aromatic rings. The Hall–Kier alpha value is -1.59. The SMILES string of the molecule is CCOc1cccc(Oc2nc(Cl)c(C=O)s2)c1. The molecular weight excluding hydrogens is 274 g/mol. The molecule has 18 heavy (non-hydrogen) atoms. The van der Waals surface area contributed by atoms with Gasteiger partial charge in [0, 0.05) is 6.07 Å². The first-order valence-corrected chi connectivity index (χ1v) is 6.44. The van der Waals surface area contributed by atoms with Crippen molar-refractivity contribution in [2.75, 3.05) is 6.61 Å². The summed E-state index contributed by atoms with van der Waals surface area (Å²) in [6, 6.07) is 7.18. The van der Waals surface area contributed by atoms with Crippen LogP contribution in [0.2, 0.25) is 5.15 Å². The van der Waals surface area contributed by atoms with Gasteiger partial charge >= 0.3 is 0 Å². The predicted molar refractivity (Wildman–Crippen MR) is 70.2 cm³/mol. The minimum absolute atomic E-state index is 0.158. The fourth-order valence-corrected chi connectivity index (χ4v) is 2.23. The number of carbonyl (C=O) groups excluding carboxylic acids is 1. The van der Waals surface area contributed by atoms with E-state index in [4.69, 9.17) is 21.1 Å². The van der Waals surface area contributed by atoms with Gasteiger partial charge in [-0.05, 0) is 19.1 Å². The third-order valence-corrected chi connectivity index (χ3v) is 3.28. The van der Waals surface area contributed by atoms with Crippen molar-refractivity contribution in [1.29, 1.82) is 0 Å². The molecule has 0 saturated heterocycles. The summed E-state index contributed by atoms with van der Waals surface area (Å²) in [5.74, 6) is 1.30. The lowest BCUT2D eigenvalue weighted by molar-refractivity contribution is 0.112. The van der Waals surface area contributed by atoms with Crippen molar-refractivity contribution in [2.24, 2.45) is 0 Å². The van der Waals surface area contributed by atoms with Gasteiger partial charge in [0.15, 0.2) is 11.4 Å². The molecule has 0 fully saturated rings. The van der Waals surface area contributed by atoms with Crippen LogP contribution in [-0.2, 0) is 0 Å². The molecule has 4 nitrogen and oxygen atoms in total. The molecule has 0 aliphatic carbocycles. The Bertz CT molecular complexity index is 556. The van der Waals surface area contributed by atoms with Crippen LogP contribution in [-0.4, -0.2) is 17.9 Å². The topological polar surface area (TPSA) is 48.4 Å². The Morgan fingerprint density at radius 2 is 2.22 bits per heavy atom. The van der Waals surface area contributed by atoms with Crippen LogP contribution in [0.15, 0.2) is 24.3 Å². The maximum atomic E-state index is 10.6. The zero-order chi connectivity index (χ0) is 13.0. The maximum Gasteiger partial charge on any atom is 0.280 e. The van der Waals surface area contributed by atoms with Crippen LogP contribution < -0.4 is 9.47 Å². The molecule has 0 radical (unpaired) electrons. The van der Waals surface area contributed by atoms with Crippen LogP contribution in [0, 0.1) is 0 Å². The lowest BCUT2D eigenvalue weighted by Crippen LogP contribution is -1.91. The predicted octanol–water partition coefficient (Wildman–Crippen LogP) is 3.80. The lowest BCUT2D eigenvalue weighted by Gasteiger charge is -2.05. The third kappa shape index (κ3) is 3.00. The molecule has 1 aromatic carbocycles. The number of rotatable bonds is 5. The summed E-state index contributed by atoms with van der Waals surface area (Å²) in [4.78, 5) is 14.9. The molecule has 0 aliphatic rings. The Balaban J connectivity index is 2.17. The van der Waals surface area contributed by atoms with Crippen molar-refractivity contribution in [3.05, 3.63) is 34.3 Å². The van der Waals surface area contributed by atoms with Gasteiger partial charge in [-0.1, -0.05) is 29.0 Å². The minimum Gasteiger partial charge on any atom is -0.494 e. The smallest absolute Gasteiger partial charge is 0.280 e. The number of nitrogens with zero attached hydrogens (tertiary/aromatic N) is 1. The Kier molecular flexibility index (Phi) is 4.17. The van der Waals surface area contributed by atoms with Gasteiger partial charge in [-0.15, -0.1) is 0 Å². The van der Waals surface area contributed by atoms with Crippen LogP contribution in [0.4, 0.5) is 0 Å². The standard InChI is InChI=1S/C12H10ClNO3S/c1-2-16-8-4-3-5-9(6-8)17-12-14-11(13)10(7-15)18-12/h3-7H,2H2,1H3. The number of ether oxygens (including phenoxy) is 2. The number of carbonyl (C=O) groups is 1. The molecular formula is C12H10ClNO3S. The molecule has 0 amide bonds.